The summed E-state index contributed by atoms with van der Waals surface area (Å²) in [7, 11) is 0. The molecule has 0 aliphatic heterocycles. The van der Waals surface area contributed by atoms with Crippen LogP contribution in [0.1, 0.15) is 12.6 Å². The fraction of sp³-hybridized carbons (Fsp3) is 0.273. The number of para-hydroxylation sites is 2. The predicted octanol–water partition coefficient (Wildman–Crippen LogP) is 2.46. The topological polar surface area (TPSA) is 90.2 Å². The number of aromatic nitrogens is 2. The molecular weight excluding hydrogens is 268 g/mol. The van der Waals surface area contributed by atoms with E-state index < -0.39 is 4.92 Å². The van der Waals surface area contributed by atoms with Crippen LogP contribution >= 0.6 is 11.5 Å². The maximum Gasteiger partial charge on any atom is 0.310 e. The van der Waals surface area contributed by atoms with E-state index in [1.807, 2.05) is 6.92 Å². The summed E-state index contributed by atoms with van der Waals surface area (Å²) in [5.74, 6) is 0.225. The van der Waals surface area contributed by atoms with Crippen LogP contribution in [0, 0.1) is 10.1 Å². The second-order valence-electron chi connectivity index (χ2n) is 3.59. The van der Waals surface area contributed by atoms with Crippen LogP contribution in [0.3, 0.4) is 0 Å². The molecule has 19 heavy (non-hydrogen) atoms. The molecule has 1 heterocycles. The summed E-state index contributed by atoms with van der Waals surface area (Å²) < 4.78 is 9.28. The van der Waals surface area contributed by atoms with Crippen LogP contribution in [0.15, 0.2) is 24.3 Å². The number of benzene rings is 1. The Morgan fingerprint density at radius 1 is 1.47 bits per heavy atom. The zero-order chi connectivity index (χ0) is 13.7. The first kappa shape index (κ1) is 13.2. The summed E-state index contributed by atoms with van der Waals surface area (Å²) in [5.41, 5.74) is 0.584. The number of nitro benzene ring substituents is 1. The highest BCUT2D eigenvalue weighted by Crippen LogP contribution is 2.27. The molecule has 0 aliphatic carbocycles. The molecule has 8 heteroatoms. The third-order valence-corrected chi connectivity index (χ3v) is 3.05. The Balaban J connectivity index is 2.10. The van der Waals surface area contributed by atoms with E-state index in [0.29, 0.717) is 5.69 Å². The van der Waals surface area contributed by atoms with Crippen molar-refractivity contribution in [2.24, 2.45) is 0 Å². The van der Waals surface area contributed by atoms with Crippen LogP contribution in [0.2, 0.25) is 0 Å². The van der Waals surface area contributed by atoms with Gasteiger partial charge in [-0.3, -0.25) is 10.1 Å². The minimum atomic E-state index is -0.472. The van der Waals surface area contributed by atoms with Crippen molar-refractivity contribution < 1.29 is 9.66 Å². The standard InChI is InChI=1S/C11H12N4O3S/c1-2-12-11-8(13-14-19-11)7-18-10-6-4-3-5-9(10)15(16)17/h3-6,12H,2,7H2,1H3. The summed E-state index contributed by atoms with van der Waals surface area (Å²) in [4.78, 5) is 10.4. The molecule has 0 aliphatic rings. The fourth-order valence-corrected chi connectivity index (χ4v) is 2.11. The van der Waals surface area contributed by atoms with Crippen molar-refractivity contribution in [3.05, 3.63) is 40.1 Å². The molecule has 1 aromatic heterocycles. The molecule has 100 valence electrons. The highest BCUT2D eigenvalue weighted by atomic mass is 32.1. The van der Waals surface area contributed by atoms with Gasteiger partial charge in [0.15, 0.2) is 5.75 Å². The van der Waals surface area contributed by atoms with Gasteiger partial charge in [0, 0.05) is 24.1 Å². The Labute approximate surface area is 113 Å². The second kappa shape index (κ2) is 6.10. The van der Waals surface area contributed by atoms with E-state index in [4.69, 9.17) is 4.74 Å². The lowest BCUT2D eigenvalue weighted by molar-refractivity contribution is -0.385. The van der Waals surface area contributed by atoms with E-state index in [0.717, 1.165) is 11.5 Å². The predicted molar refractivity (Wildman–Crippen MR) is 71.5 cm³/mol. The van der Waals surface area contributed by atoms with Crippen molar-refractivity contribution in [3.8, 4) is 5.75 Å². The van der Waals surface area contributed by atoms with Gasteiger partial charge in [0.25, 0.3) is 0 Å². The van der Waals surface area contributed by atoms with E-state index >= 15 is 0 Å². The van der Waals surface area contributed by atoms with Gasteiger partial charge >= 0.3 is 5.69 Å². The lowest BCUT2D eigenvalue weighted by atomic mass is 10.3. The minimum absolute atomic E-state index is 0.0595. The summed E-state index contributed by atoms with van der Waals surface area (Å²) >= 11 is 1.23. The first-order chi connectivity index (χ1) is 9.22. The minimum Gasteiger partial charge on any atom is -0.480 e. The number of nitrogens with zero attached hydrogens (tertiary/aromatic N) is 3. The average Bonchev–Trinajstić information content (AvgIpc) is 2.84. The van der Waals surface area contributed by atoms with Crippen LogP contribution in [0.5, 0.6) is 5.75 Å². The van der Waals surface area contributed by atoms with E-state index in [1.165, 1.54) is 17.6 Å². The normalized spacial score (nSPS) is 10.2. The summed E-state index contributed by atoms with van der Waals surface area (Å²) in [6.07, 6.45) is 0. The molecule has 0 saturated heterocycles. The molecule has 7 nitrogen and oxygen atoms in total. The monoisotopic (exact) mass is 280 g/mol. The zero-order valence-electron chi connectivity index (χ0n) is 10.2. The summed E-state index contributed by atoms with van der Waals surface area (Å²) in [6, 6.07) is 6.25. The van der Waals surface area contributed by atoms with Crippen LogP contribution in [-0.4, -0.2) is 21.1 Å². The largest absolute Gasteiger partial charge is 0.480 e. The summed E-state index contributed by atoms with van der Waals surface area (Å²) in [5, 5.41) is 18.7. The van der Waals surface area contributed by atoms with Gasteiger partial charge in [-0.1, -0.05) is 16.6 Å². The second-order valence-corrected chi connectivity index (χ2v) is 4.35. The van der Waals surface area contributed by atoms with Crippen LogP contribution < -0.4 is 10.1 Å². The van der Waals surface area contributed by atoms with Gasteiger partial charge in [-0.05, 0) is 13.0 Å². The van der Waals surface area contributed by atoms with E-state index in [-0.39, 0.29) is 18.0 Å². The number of hydrogen-bond acceptors (Lipinski definition) is 7. The van der Waals surface area contributed by atoms with Crippen LogP contribution in [0.25, 0.3) is 0 Å². The van der Waals surface area contributed by atoms with Gasteiger partial charge in [0.2, 0.25) is 0 Å². The van der Waals surface area contributed by atoms with E-state index in [9.17, 15) is 10.1 Å². The maximum atomic E-state index is 10.8. The smallest absolute Gasteiger partial charge is 0.310 e. The maximum absolute atomic E-state index is 10.8. The Morgan fingerprint density at radius 3 is 3.00 bits per heavy atom. The number of nitro groups is 1. The molecule has 2 aromatic rings. The van der Waals surface area contributed by atoms with Gasteiger partial charge in [-0.2, -0.15) is 0 Å². The van der Waals surface area contributed by atoms with E-state index in [2.05, 4.69) is 14.9 Å². The number of rotatable bonds is 6. The zero-order valence-corrected chi connectivity index (χ0v) is 11.0. The Kier molecular flexibility index (Phi) is 4.24. The molecule has 0 unspecified atom stereocenters. The Morgan fingerprint density at radius 2 is 2.26 bits per heavy atom. The quantitative estimate of drug-likeness (QED) is 0.645. The van der Waals surface area contributed by atoms with Gasteiger partial charge < -0.3 is 10.1 Å². The SMILES string of the molecule is CCNc1snnc1COc1ccccc1[N+](=O)[O-]. The Hall–Kier alpha value is -2.22. The molecule has 0 radical (unpaired) electrons. The molecule has 0 fully saturated rings. The molecular formula is C11H12N4O3S. The molecule has 1 N–H and O–H groups in total. The fourth-order valence-electron chi connectivity index (χ4n) is 1.47. The van der Waals surface area contributed by atoms with Crippen molar-refractivity contribution in [1.29, 1.82) is 0 Å². The number of hydrogen-bond donors (Lipinski definition) is 1. The van der Waals surface area contributed by atoms with Gasteiger partial charge in [-0.25, -0.2) is 0 Å². The number of anilines is 1. The van der Waals surface area contributed by atoms with Crippen molar-refractivity contribution in [3.63, 3.8) is 0 Å². The van der Waals surface area contributed by atoms with Crippen LogP contribution in [-0.2, 0) is 6.61 Å². The molecule has 0 amide bonds. The third-order valence-electron chi connectivity index (χ3n) is 2.32. The highest BCUT2D eigenvalue weighted by Gasteiger charge is 2.15. The first-order valence-electron chi connectivity index (χ1n) is 5.63. The van der Waals surface area contributed by atoms with Crippen molar-refractivity contribution in [2.75, 3.05) is 11.9 Å². The number of nitrogens with one attached hydrogen (secondary N) is 1. The van der Waals surface area contributed by atoms with Gasteiger partial charge in [-0.15, -0.1) is 5.10 Å². The highest BCUT2D eigenvalue weighted by molar-refractivity contribution is 7.10. The van der Waals surface area contributed by atoms with E-state index in [1.54, 1.807) is 18.2 Å². The molecule has 0 atom stereocenters. The third kappa shape index (κ3) is 3.16. The Bertz CT molecular complexity index is 573. The van der Waals surface area contributed by atoms with Crippen molar-refractivity contribution in [1.82, 2.24) is 9.59 Å². The molecule has 0 spiro atoms. The lowest BCUT2D eigenvalue weighted by Crippen LogP contribution is -2.03. The molecule has 2 rings (SSSR count). The lowest BCUT2D eigenvalue weighted by Gasteiger charge is -2.06. The molecule has 0 bridgehead atoms. The van der Waals surface area contributed by atoms with Gasteiger partial charge in [0.05, 0.1) is 4.92 Å². The van der Waals surface area contributed by atoms with Gasteiger partial charge in [0.1, 0.15) is 17.3 Å². The number of ether oxygens (including phenoxy) is 1. The molecule has 0 saturated carbocycles. The van der Waals surface area contributed by atoms with Crippen molar-refractivity contribution >= 4 is 22.2 Å². The summed E-state index contributed by atoms with van der Waals surface area (Å²) in [6.45, 7) is 2.86. The van der Waals surface area contributed by atoms with Crippen LogP contribution in [0.4, 0.5) is 10.7 Å². The molecule has 1 aromatic carbocycles. The average molecular weight is 280 g/mol. The van der Waals surface area contributed by atoms with Crippen molar-refractivity contribution in [2.45, 2.75) is 13.5 Å². The first-order valence-corrected chi connectivity index (χ1v) is 6.41.